The molecule has 2 amide bonds. The van der Waals surface area contributed by atoms with Gasteiger partial charge in [0.15, 0.2) is 0 Å². The summed E-state index contributed by atoms with van der Waals surface area (Å²) in [4.78, 5) is 23.4. The summed E-state index contributed by atoms with van der Waals surface area (Å²) in [6.45, 7) is 4.32. The summed E-state index contributed by atoms with van der Waals surface area (Å²) in [7, 11) is 0. The van der Waals surface area contributed by atoms with Gasteiger partial charge in [-0.15, -0.1) is 0 Å². The van der Waals surface area contributed by atoms with Gasteiger partial charge in [0.05, 0.1) is 12.0 Å². The Balaban J connectivity index is 1.64. The molecule has 3 N–H and O–H groups in total. The Hall–Kier alpha value is -2.76. The van der Waals surface area contributed by atoms with Gasteiger partial charge in [-0.1, -0.05) is 30.3 Å². The van der Waals surface area contributed by atoms with Crippen LogP contribution >= 0.6 is 0 Å². The van der Waals surface area contributed by atoms with Crippen molar-refractivity contribution in [3.05, 3.63) is 42.0 Å². The fourth-order valence-electron chi connectivity index (χ4n) is 3.75. The van der Waals surface area contributed by atoms with Crippen molar-refractivity contribution in [1.29, 1.82) is 0 Å². The summed E-state index contributed by atoms with van der Waals surface area (Å²) in [5, 5.41) is 17.2. The predicted molar refractivity (Wildman–Crippen MR) is 108 cm³/mol. The molecule has 0 unspecified atom stereocenters. The molecular weight excluding hydrogens is 356 g/mol. The van der Waals surface area contributed by atoms with Crippen molar-refractivity contribution in [3.63, 3.8) is 0 Å². The smallest absolute Gasteiger partial charge is 0.315 e. The Morgan fingerprint density at radius 2 is 1.82 bits per heavy atom. The number of ether oxygens (including phenoxy) is 1. The van der Waals surface area contributed by atoms with Crippen LogP contribution in [-0.2, 0) is 11.3 Å². The number of aliphatic carboxylic acids is 1. The van der Waals surface area contributed by atoms with Crippen molar-refractivity contribution in [2.45, 2.75) is 58.2 Å². The molecule has 150 valence electrons. The van der Waals surface area contributed by atoms with Gasteiger partial charge in [-0.3, -0.25) is 4.79 Å². The number of hydrogen-bond donors (Lipinski definition) is 3. The standard InChI is InChI=1S/C22H28N2O4/c1-14(2)28-20-12-9-15-5-3-4-6-18(15)19(20)13-23-22(27)24-17-10-7-16(8-11-17)21(25)26/h3-6,9,12,14,16-17H,7-8,10-11,13H2,1-2H3,(H,25,26)(H2,23,24,27). The molecule has 0 radical (unpaired) electrons. The van der Waals surface area contributed by atoms with Crippen LogP contribution < -0.4 is 15.4 Å². The molecular formula is C22H28N2O4. The van der Waals surface area contributed by atoms with E-state index in [2.05, 4.69) is 10.6 Å². The van der Waals surface area contributed by atoms with Crippen LogP contribution in [0.15, 0.2) is 36.4 Å². The number of hydrogen-bond acceptors (Lipinski definition) is 3. The number of nitrogens with one attached hydrogen (secondary N) is 2. The number of carboxylic acids is 1. The highest BCUT2D eigenvalue weighted by atomic mass is 16.5. The van der Waals surface area contributed by atoms with Crippen LogP contribution in [0.25, 0.3) is 10.8 Å². The zero-order valence-corrected chi connectivity index (χ0v) is 16.4. The lowest BCUT2D eigenvalue weighted by Gasteiger charge is -2.27. The molecule has 1 saturated carbocycles. The molecule has 6 heteroatoms. The van der Waals surface area contributed by atoms with Crippen LogP contribution in [0.2, 0.25) is 0 Å². The van der Waals surface area contributed by atoms with Gasteiger partial charge in [0.25, 0.3) is 0 Å². The molecule has 2 aromatic rings. The third-order valence-corrected chi connectivity index (χ3v) is 5.20. The monoisotopic (exact) mass is 384 g/mol. The Kier molecular flexibility index (Phi) is 6.39. The van der Waals surface area contributed by atoms with Crippen molar-refractivity contribution in [3.8, 4) is 5.75 Å². The molecule has 0 aliphatic heterocycles. The Labute approximate surface area is 165 Å². The van der Waals surface area contributed by atoms with Gasteiger partial charge in [-0.25, -0.2) is 4.79 Å². The summed E-state index contributed by atoms with van der Waals surface area (Å²) in [5.74, 6) is -0.250. The van der Waals surface area contributed by atoms with Crippen molar-refractivity contribution >= 4 is 22.8 Å². The van der Waals surface area contributed by atoms with E-state index in [-0.39, 0.29) is 24.1 Å². The first kappa shape index (κ1) is 20.0. The second-order valence-corrected chi connectivity index (χ2v) is 7.64. The molecule has 1 aliphatic rings. The Bertz CT molecular complexity index is 842. The summed E-state index contributed by atoms with van der Waals surface area (Å²) >= 11 is 0. The van der Waals surface area contributed by atoms with E-state index in [4.69, 9.17) is 9.84 Å². The minimum atomic E-state index is -0.739. The topological polar surface area (TPSA) is 87.7 Å². The van der Waals surface area contributed by atoms with Gasteiger partial charge in [0.1, 0.15) is 5.75 Å². The molecule has 28 heavy (non-hydrogen) atoms. The molecule has 1 fully saturated rings. The number of carbonyl (C=O) groups is 2. The number of benzene rings is 2. The lowest BCUT2D eigenvalue weighted by Crippen LogP contribution is -2.44. The van der Waals surface area contributed by atoms with E-state index >= 15 is 0 Å². The zero-order chi connectivity index (χ0) is 20.1. The molecule has 0 aromatic heterocycles. The van der Waals surface area contributed by atoms with Gasteiger partial charge in [0, 0.05) is 18.2 Å². The number of carbonyl (C=O) groups excluding carboxylic acids is 1. The van der Waals surface area contributed by atoms with Crippen molar-refractivity contribution < 1.29 is 19.4 Å². The van der Waals surface area contributed by atoms with Crippen LogP contribution in [0.5, 0.6) is 5.75 Å². The average molecular weight is 384 g/mol. The fraction of sp³-hybridized carbons (Fsp3) is 0.455. The number of urea groups is 1. The lowest BCUT2D eigenvalue weighted by molar-refractivity contribution is -0.142. The molecule has 6 nitrogen and oxygen atoms in total. The van der Waals surface area contributed by atoms with E-state index in [0.29, 0.717) is 32.2 Å². The molecule has 0 bridgehead atoms. The second-order valence-electron chi connectivity index (χ2n) is 7.64. The number of rotatable bonds is 6. The SMILES string of the molecule is CC(C)Oc1ccc2ccccc2c1CNC(=O)NC1CCC(C(=O)O)CC1. The van der Waals surface area contributed by atoms with E-state index in [1.165, 1.54) is 0 Å². The number of amides is 2. The van der Waals surface area contributed by atoms with Crippen molar-refractivity contribution in [1.82, 2.24) is 10.6 Å². The summed E-state index contributed by atoms with van der Waals surface area (Å²) < 4.78 is 5.94. The van der Waals surface area contributed by atoms with E-state index in [1.54, 1.807) is 0 Å². The van der Waals surface area contributed by atoms with Crippen LogP contribution in [0.4, 0.5) is 4.79 Å². The normalized spacial score (nSPS) is 19.4. The zero-order valence-electron chi connectivity index (χ0n) is 16.4. The summed E-state index contributed by atoms with van der Waals surface area (Å²) in [5.41, 5.74) is 0.955. The maximum absolute atomic E-state index is 12.4. The molecule has 0 spiro atoms. The summed E-state index contributed by atoms with van der Waals surface area (Å²) in [6.07, 6.45) is 2.64. The third kappa shape index (κ3) is 4.94. The largest absolute Gasteiger partial charge is 0.491 e. The van der Waals surface area contributed by atoms with E-state index in [0.717, 1.165) is 22.1 Å². The highest BCUT2D eigenvalue weighted by Gasteiger charge is 2.26. The van der Waals surface area contributed by atoms with Gasteiger partial charge >= 0.3 is 12.0 Å². The van der Waals surface area contributed by atoms with E-state index in [9.17, 15) is 9.59 Å². The van der Waals surface area contributed by atoms with Crippen LogP contribution in [0.1, 0.15) is 45.1 Å². The summed E-state index contributed by atoms with van der Waals surface area (Å²) in [6, 6.07) is 11.8. The van der Waals surface area contributed by atoms with Gasteiger partial charge in [0.2, 0.25) is 0 Å². The minimum Gasteiger partial charge on any atom is -0.491 e. The minimum absolute atomic E-state index is 0.0227. The van der Waals surface area contributed by atoms with Crippen LogP contribution in [-0.4, -0.2) is 29.3 Å². The molecule has 3 rings (SSSR count). The molecule has 0 atom stereocenters. The number of fused-ring (bicyclic) bond motifs is 1. The van der Waals surface area contributed by atoms with Crippen molar-refractivity contribution in [2.24, 2.45) is 5.92 Å². The van der Waals surface area contributed by atoms with Gasteiger partial charge < -0.3 is 20.5 Å². The second kappa shape index (κ2) is 8.95. The Morgan fingerprint density at radius 1 is 1.11 bits per heavy atom. The van der Waals surface area contributed by atoms with Crippen LogP contribution in [0.3, 0.4) is 0 Å². The molecule has 0 saturated heterocycles. The molecule has 1 aliphatic carbocycles. The first-order valence-electron chi connectivity index (χ1n) is 9.88. The number of carboxylic acid groups (broad SMARTS) is 1. The van der Waals surface area contributed by atoms with E-state index < -0.39 is 5.97 Å². The lowest BCUT2D eigenvalue weighted by atomic mass is 9.86. The highest BCUT2D eigenvalue weighted by molar-refractivity contribution is 5.88. The molecule has 0 heterocycles. The maximum Gasteiger partial charge on any atom is 0.315 e. The highest BCUT2D eigenvalue weighted by Crippen LogP contribution is 2.29. The predicted octanol–water partition coefficient (Wildman–Crippen LogP) is 4.07. The third-order valence-electron chi connectivity index (χ3n) is 5.20. The molecule has 2 aromatic carbocycles. The average Bonchev–Trinajstić information content (AvgIpc) is 2.67. The Morgan fingerprint density at radius 3 is 2.50 bits per heavy atom. The fourth-order valence-corrected chi connectivity index (χ4v) is 3.75. The first-order chi connectivity index (χ1) is 13.4. The van der Waals surface area contributed by atoms with Gasteiger partial charge in [-0.05, 0) is 56.4 Å². The maximum atomic E-state index is 12.4. The van der Waals surface area contributed by atoms with Gasteiger partial charge in [-0.2, -0.15) is 0 Å². The van der Waals surface area contributed by atoms with Crippen molar-refractivity contribution in [2.75, 3.05) is 0 Å². The quantitative estimate of drug-likeness (QED) is 0.701. The first-order valence-corrected chi connectivity index (χ1v) is 9.88. The van der Waals surface area contributed by atoms with E-state index in [1.807, 2.05) is 50.2 Å². The van der Waals surface area contributed by atoms with Crippen LogP contribution in [0, 0.1) is 5.92 Å².